The van der Waals surface area contributed by atoms with E-state index in [1.807, 2.05) is 0 Å². The smallest absolute Gasteiger partial charge is 0.0628 e. The highest BCUT2D eigenvalue weighted by Crippen LogP contribution is 2.21. The fourth-order valence-electron chi connectivity index (χ4n) is 2.47. The van der Waals surface area contributed by atoms with Gasteiger partial charge in [-0.2, -0.15) is 0 Å². The van der Waals surface area contributed by atoms with Crippen molar-refractivity contribution in [2.45, 2.75) is 85.5 Å². The van der Waals surface area contributed by atoms with Crippen molar-refractivity contribution in [1.82, 2.24) is 0 Å². The Labute approximate surface area is 111 Å². The third-order valence-electron chi connectivity index (χ3n) is 3.82. The molecule has 0 heteroatoms. The minimum atomic E-state index is 0.880. The van der Waals surface area contributed by atoms with E-state index in [-0.39, 0.29) is 0 Å². The second-order valence-electron chi connectivity index (χ2n) is 6.46. The molecule has 0 aromatic heterocycles. The van der Waals surface area contributed by atoms with Gasteiger partial charge in [0.05, 0.1) is 13.3 Å². The van der Waals surface area contributed by atoms with E-state index < -0.39 is 0 Å². The van der Waals surface area contributed by atoms with E-state index in [0.717, 1.165) is 24.2 Å². The molecule has 102 valence electrons. The van der Waals surface area contributed by atoms with Crippen LogP contribution in [0.2, 0.25) is 0 Å². The Morgan fingerprint density at radius 1 is 0.647 bits per heavy atom. The molecule has 0 aliphatic heterocycles. The highest BCUT2D eigenvalue weighted by Gasteiger charge is 2.06. The third kappa shape index (κ3) is 12.1. The van der Waals surface area contributed by atoms with E-state index in [1.165, 1.54) is 51.4 Å². The van der Waals surface area contributed by atoms with Gasteiger partial charge in [-0.25, -0.2) is 0 Å². The van der Waals surface area contributed by atoms with Crippen LogP contribution in [0.15, 0.2) is 0 Å². The predicted octanol–water partition coefficient (Wildman–Crippen LogP) is 6.26. The molecule has 0 spiro atoms. The Hall–Kier alpha value is -0.130. The normalized spacial score (nSPS) is 15.1. The molecule has 2 atom stereocenters. The molecule has 0 radical (unpaired) electrons. The molecule has 0 fully saturated rings. The van der Waals surface area contributed by atoms with Crippen LogP contribution in [0.3, 0.4) is 0 Å². The van der Waals surface area contributed by atoms with Gasteiger partial charge in [-0.15, -0.1) is 0 Å². The van der Waals surface area contributed by atoms with Crippen LogP contribution in [0.25, 0.3) is 0 Å². The van der Waals surface area contributed by atoms with Crippen molar-refractivity contribution < 1.29 is 0 Å². The number of hydrogen-bond donors (Lipinski definition) is 0. The maximum atomic E-state index is 3.91. The number of hydrogen-bond acceptors (Lipinski definition) is 0. The van der Waals surface area contributed by atoms with Crippen molar-refractivity contribution in [1.29, 1.82) is 0 Å². The summed E-state index contributed by atoms with van der Waals surface area (Å²) in [5, 5.41) is 0. The van der Waals surface area contributed by atoms with Crippen molar-refractivity contribution in [2.75, 3.05) is 0 Å². The predicted molar refractivity (Wildman–Crippen MR) is 80.1 cm³/mol. The van der Waals surface area contributed by atoms with E-state index in [1.54, 1.807) is 0 Å². The Morgan fingerprint density at radius 3 is 1.47 bits per heavy atom. The van der Waals surface area contributed by atoms with Gasteiger partial charge in [-0.1, -0.05) is 66.2 Å². The van der Waals surface area contributed by atoms with Crippen molar-refractivity contribution in [3.63, 3.8) is 0 Å². The molecule has 2 unspecified atom stereocenters. The highest BCUT2D eigenvalue weighted by molar-refractivity contribution is 4.59. The average Bonchev–Trinajstić information content (AvgIpc) is 2.25. The van der Waals surface area contributed by atoms with Crippen molar-refractivity contribution in [3.05, 3.63) is 6.92 Å². The monoisotopic (exact) mass is 239 g/mol. The van der Waals surface area contributed by atoms with Gasteiger partial charge >= 0.3 is 0 Å². The Kier molecular flexibility index (Phi) is 10.9. The Balaban J connectivity index is 3.34. The van der Waals surface area contributed by atoms with Crippen LogP contribution in [0.5, 0.6) is 0 Å². The zero-order valence-corrected chi connectivity index (χ0v) is 12.8. The molecule has 0 saturated heterocycles. The lowest BCUT2D eigenvalue weighted by molar-refractivity contribution is 0.389. The van der Waals surface area contributed by atoms with E-state index in [9.17, 15) is 0 Å². The molecule has 0 rings (SSSR count). The molecule has 0 saturated carbocycles. The highest BCUT2D eigenvalue weighted by atomic mass is 14.1. The lowest BCUT2D eigenvalue weighted by atomic mass is 9.92. The molecule has 0 aromatic rings. The number of unbranched alkanes of at least 4 members (excludes halogenated alkanes) is 1. The molecular formula is C17H35+. The zero-order valence-electron chi connectivity index (χ0n) is 12.8. The SMILES string of the molecule is [CH2+]CCCC(C)CCCC(C)CCCC(C)C. The Bertz CT molecular complexity index is 148. The first kappa shape index (κ1) is 16.9. The van der Waals surface area contributed by atoms with E-state index in [2.05, 4.69) is 34.6 Å². The van der Waals surface area contributed by atoms with Crippen LogP contribution in [0.1, 0.15) is 85.5 Å². The maximum Gasteiger partial charge on any atom is 0.0850 e. The molecule has 0 amide bonds. The summed E-state index contributed by atoms with van der Waals surface area (Å²) in [5.74, 6) is 2.73. The molecule has 0 heterocycles. The first-order valence-corrected chi connectivity index (χ1v) is 7.85. The van der Waals surface area contributed by atoms with Crippen LogP contribution in [0, 0.1) is 24.7 Å². The quantitative estimate of drug-likeness (QED) is 0.373. The van der Waals surface area contributed by atoms with Gasteiger partial charge in [-0.05, 0) is 30.6 Å². The van der Waals surface area contributed by atoms with Gasteiger partial charge in [0.15, 0.2) is 0 Å². The van der Waals surface area contributed by atoms with Crippen LogP contribution in [-0.4, -0.2) is 0 Å². The molecular weight excluding hydrogens is 204 g/mol. The average molecular weight is 239 g/mol. The number of rotatable bonds is 11. The minimum Gasteiger partial charge on any atom is -0.0628 e. The van der Waals surface area contributed by atoms with Crippen LogP contribution >= 0.6 is 0 Å². The third-order valence-corrected chi connectivity index (χ3v) is 3.82. The molecule has 17 heavy (non-hydrogen) atoms. The molecule has 0 nitrogen and oxygen atoms in total. The van der Waals surface area contributed by atoms with Gasteiger partial charge in [0.2, 0.25) is 0 Å². The molecule has 0 aromatic carbocycles. The van der Waals surface area contributed by atoms with Crippen LogP contribution in [0.4, 0.5) is 0 Å². The maximum absolute atomic E-state index is 3.91. The van der Waals surface area contributed by atoms with Crippen molar-refractivity contribution >= 4 is 0 Å². The first-order chi connectivity index (χ1) is 8.06. The second-order valence-corrected chi connectivity index (χ2v) is 6.46. The fraction of sp³-hybridized carbons (Fsp3) is 0.941. The topological polar surface area (TPSA) is 0 Å². The van der Waals surface area contributed by atoms with Crippen molar-refractivity contribution in [3.8, 4) is 0 Å². The lowest BCUT2D eigenvalue weighted by Crippen LogP contribution is -2.00. The standard InChI is InChI=1S/C17H35/c1-6-7-11-16(4)13-9-14-17(5)12-8-10-15(2)3/h15-17H,1,6-14H2,2-5H3/q+1. The Morgan fingerprint density at radius 2 is 1.06 bits per heavy atom. The van der Waals surface area contributed by atoms with Crippen molar-refractivity contribution in [2.24, 2.45) is 17.8 Å². The summed E-state index contributed by atoms with van der Waals surface area (Å²) >= 11 is 0. The van der Waals surface area contributed by atoms with Gasteiger partial charge in [0.1, 0.15) is 0 Å². The summed E-state index contributed by atoms with van der Waals surface area (Å²) in [6.07, 6.45) is 12.4. The van der Waals surface area contributed by atoms with Crippen LogP contribution in [-0.2, 0) is 0 Å². The van der Waals surface area contributed by atoms with E-state index >= 15 is 0 Å². The summed E-state index contributed by atoms with van der Waals surface area (Å²) < 4.78 is 0. The summed E-state index contributed by atoms with van der Waals surface area (Å²) in [5.41, 5.74) is 0. The molecule has 0 N–H and O–H groups in total. The first-order valence-electron chi connectivity index (χ1n) is 7.85. The van der Waals surface area contributed by atoms with Crippen LogP contribution < -0.4 is 0 Å². The fourth-order valence-corrected chi connectivity index (χ4v) is 2.47. The summed E-state index contributed by atoms with van der Waals surface area (Å²) in [4.78, 5) is 0. The summed E-state index contributed by atoms with van der Waals surface area (Å²) in [6.45, 7) is 13.4. The molecule has 0 bridgehead atoms. The molecule has 0 aliphatic carbocycles. The molecule has 0 aliphatic rings. The van der Waals surface area contributed by atoms with Gasteiger partial charge in [0.25, 0.3) is 0 Å². The summed E-state index contributed by atoms with van der Waals surface area (Å²) in [7, 11) is 0. The van der Waals surface area contributed by atoms with Gasteiger partial charge < -0.3 is 0 Å². The van der Waals surface area contributed by atoms with E-state index in [4.69, 9.17) is 0 Å². The van der Waals surface area contributed by atoms with Gasteiger partial charge in [-0.3, -0.25) is 0 Å². The minimum absolute atomic E-state index is 0.880. The zero-order chi connectivity index (χ0) is 13.1. The summed E-state index contributed by atoms with van der Waals surface area (Å²) in [6, 6.07) is 0. The second kappa shape index (κ2) is 11.0. The lowest BCUT2D eigenvalue weighted by Gasteiger charge is -2.14. The van der Waals surface area contributed by atoms with Gasteiger partial charge in [0, 0.05) is 0 Å². The van der Waals surface area contributed by atoms with E-state index in [0.29, 0.717) is 0 Å². The largest absolute Gasteiger partial charge is 0.0850 e.